The number of rotatable bonds is 6. The molecule has 6 nitrogen and oxygen atoms in total. The predicted molar refractivity (Wildman–Crippen MR) is 38.8 cm³/mol. The van der Waals surface area contributed by atoms with E-state index in [4.69, 9.17) is 15.3 Å². The molecule has 0 aliphatic carbocycles. The summed E-state index contributed by atoms with van der Waals surface area (Å²) in [6, 6.07) is 0. The van der Waals surface area contributed by atoms with Gasteiger partial charge in [-0.1, -0.05) is 0 Å². The molecule has 13 heavy (non-hydrogen) atoms. The minimum Gasteiger partial charge on any atom is -0.480 e. The summed E-state index contributed by atoms with van der Waals surface area (Å²) >= 11 is 0. The summed E-state index contributed by atoms with van der Waals surface area (Å²) in [7, 11) is 0. The molecule has 0 fully saturated rings. The summed E-state index contributed by atoms with van der Waals surface area (Å²) in [5.74, 6) is -2.21. The van der Waals surface area contributed by atoms with E-state index in [0.29, 0.717) is 0 Å². The Morgan fingerprint density at radius 2 is 1.46 bits per heavy atom. The Morgan fingerprint density at radius 1 is 1.08 bits per heavy atom. The number of carboxylic acid groups (broad SMARTS) is 2. The Bertz CT molecular complexity index is 158. The third kappa shape index (κ3) is 9.27. The van der Waals surface area contributed by atoms with Gasteiger partial charge in [0.25, 0.3) is 0 Å². The average Bonchev–Trinajstić information content (AvgIpc) is 1.84. The van der Waals surface area contributed by atoms with E-state index in [0.717, 1.165) is 4.90 Å². The van der Waals surface area contributed by atoms with Crippen LogP contribution in [0.15, 0.2) is 0 Å². The third-order valence-corrected chi connectivity index (χ3v) is 1.13. The quantitative estimate of drug-likeness (QED) is 0.482. The van der Waals surface area contributed by atoms with Gasteiger partial charge in [0.1, 0.15) is 0 Å². The third-order valence-electron chi connectivity index (χ3n) is 1.13. The van der Waals surface area contributed by atoms with Crippen LogP contribution in [0.4, 0.5) is 0 Å². The van der Waals surface area contributed by atoms with Crippen molar-refractivity contribution in [1.29, 1.82) is 0 Å². The summed E-state index contributed by atoms with van der Waals surface area (Å²) in [4.78, 5) is 21.4. The summed E-state index contributed by atoms with van der Waals surface area (Å²) in [5.41, 5.74) is 0. The molecule has 0 saturated heterocycles. The molecule has 0 atom stereocenters. The maximum Gasteiger partial charge on any atom is 0.317 e. The second kappa shape index (κ2) is 7.97. The Kier molecular flexibility index (Phi) is 9.11. The summed E-state index contributed by atoms with van der Waals surface area (Å²) in [6.07, 6.45) is 0. The van der Waals surface area contributed by atoms with Crippen LogP contribution in [-0.4, -0.2) is 58.4 Å². The van der Waals surface area contributed by atoms with E-state index in [1.54, 1.807) is 0 Å². The van der Waals surface area contributed by atoms with Crippen molar-refractivity contribution >= 4 is 11.9 Å². The van der Waals surface area contributed by atoms with Crippen LogP contribution in [0.1, 0.15) is 0 Å². The van der Waals surface area contributed by atoms with Crippen molar-refractivity contribution in [2.45, 2.75) is 0 Å². The van der Waals surface area contributed by atoms with Gasteiger partial charge < -0.3 is 15.3 Å². The zero-order valence-electron chi connectivity index (χ0n) is 6.75. The molecular formula is C6H11NNiO5. The summed E-state index contributed by atoms with van der Waals surface area (Å²) in [5, 5.41) is 25.0. The van der Waals surface area contributed by atoms with Gasteiger partial charge in [0, 0.05) is 23.0 Å². The van der Waals surface area contributed by atoms with Gasteiger partial charge in [0.05, 0.1) is 19.7 Å². The van der Waals surface area contributed by atoms with Gasteiger partial charge >= 0.3 is 11.9 Å². The van der Waals surface area contributed by atoms with Crippen LogP contribution < -0.4 is 0 Å². The molecule has 3 N–H and O–H groups in total. The first-order valence-corrected chi connectivity index (χ1v) is 3.33. The Hall–Kier alpha value is -0.646. The normalized spacial score (nSPS) is 9.38. The van der Waals surface area contributed by atoms with Gasteiger partial charge in [-0.3, -0.25) is 14.5 Å². The molecule has 0 aromatic carbocycles. The molecule has 0 rings (SSSR count). The fourth-order valence-corrected chi connectivity index (χ4v) is 0.738. The molecule has 0 aromatic heterocycles. The molecule has 0 radical (unpaired) electrons. The number of carboxylic acids is 2. The molecule has 0 aliphatic rings. The molecular weight excluding hydrogens is 225 g/mol. The fraction of sp³-hybridized carbons (Fsp3) is 0.667. The van der Waals surface area contributed by atoms with Crippen LogP contribution in [0.5, 0.6) is 0 Å². The average molecular weight is 236 g/mol. The monoisotopic (exact) mass is 235 g/mol. The number of aliphatic carboxylic acids is 2. The Labute approximate surface area is 85.1 Å². The molecule has 7 heteroatoms. The van der Waals surface area contributed by atoms with E-state index in [-0.39, 0.29) is 42.7 Å². The molecule has 0 saturated carbocycles. The second-order valence-corrected chi connectivity index (χ2v) is 2.22. The Balaban J connectivity index is 0. The maximum atomic E-state index is 10.1. The minimum atomic E-state index is -1.11. The van der Waals surface area contributed by atoms with E-state index in [1.807, 2.05) is 0 Å². The standard InChI is InChI=1S/C6H11NO5.Ni/c8-2-1-7(3-5(9)10)4-6(11)12;/h8H,1-4H2,(H,9,10)(H,11,12);. The molecule has 0 unspecified atom stereocenters. The van der Waals surface area contributed by atoms with E-state index < -0.39 is 11.9 Å². The number of hydrogen-bond donors (Lipinski definition) is 3. The summed E-state index contributed by atoms with van der Waals surface area (Å²) in [6.45, 7) is -0.932. The van der Waals surface area contributed by atoms with Crippen LogP contribution in [0.3, 0.4) is 0 Å². The molecule has 80 valence electrons. The Morgan fingerprint density at radius 3 is 1.69 bits per heavy atom. The van der Waals surface area contributed by atoms with Gasteiger partial charge in [-0.05, 0) is 0 Å². The van der Waals surface area contributed by atoms with E-state index in [1.165, 1.54) is 0 Å². The first-order valence-electron chi connectivity index (χ1n) is 3.33. The van der Waals surface area contributed by atoms with Crippen LogP contribution in [0, 0.1) is 0 Å². The van der Waals surface area contributed by atoms with Crippen molar-refractivity contribution in [1.82, 2.24) is 4.90 Å². The SMILES string of the molecule is O=C(O)CN(CCO)CC(=O)O.[Ni]. The zero-order chi connectivity index (χ0) is 9.56. The fourth-order valence-electron chi connectivity index (χ4n) is 0.738. The number of carbonyl (C=O) groups is 2. The van der Waals surface area contributed by atoms with Crippen LogP contribution in [-0.2, 0) is 26.1 Å². The van der Waals surface area contributed by atoms with Gasteiger partial charge in [-0.2, -0.15) is 0 Å². The van der Waals surface area contributed by atoms with E-state index in [9.17, 15) is 9.59 Å². The number of aliphatic hydroxyl groups is 1. The first-order chi connectivity index (χ1) is 5.56. The topological polar surface area (TPSA) is 98.1 Å². The predicted octanol–water partition coefficient (Wildman–Crippen LogP) is -1.55. The molecule has 0 spiro atoms. The van der Waals surface area contributed by atoms with E-state index >= 15 is 0 Å². The minimum absolute atomic E-state index is 0. The first kappa shape index (κ1) is 14.9. The van der Waals surface area contributed by atoms with Crippen molar-refractivity contribution in [3.63, 3.8) is 0 Å². The van der Waals surface area contributed by atoms with Crippen molar-refractivity contribution in [2.24, 2.45) is 0 Å². The molecule has 0 bridgehead atoms. The molecule has 0 heterocycles. The largest absolute Gasteiger partial charge is 0.480 e. The molecule has 0 aliphatic heterocycles. The van der Waals surface area contributed by atoms with Crippen molar-refractivity contribution in [3.05, 3.63) is 0 Å². The number of nitrogens with zero attached hydrogens (tertiary/aromatic N) is 1. The summed E-state index contributed by atoms with van der Waals surface area (Å²) < 4.78 is 0. The van der Waals surface area contributed by atoms with Gasteiger partial charge in [-0.15, -0.1) is 0 Å². The second-order valence-electron chi connectivity index (χ2n) is 2.22. The van der Waals surface area contributed by atoms with Crippen molar-refractivity contribution in [3.8, 4) is 0 Å². The van der Waals surface area contributed by atoms with Gasteiger partial charge in [0.2, 0.25) is 0 Å². The number of hydrogen-bond acceptors (Lipinski definition) is 4. The maximum absolute atomic E-state index is 10.1. The number of aliphatic hydroxyl groups excluding tert-OH is 1. The van der Waals surface area contributed by atoms with Gasteiger partial charge in [-0.25, -0.2) is 0 Å². The van der Waals surface area contributed by atoms with Crippen LogP contribution in [0.25, 0.3) is 0 Å². The van der Waals surface area contributed by atoms with Crippen LogP contribution in [0.2, 0.25) is 0 Å². The van der Waals surface area contributed by atoms with Gasteiger partial charge in [0.15, 0.2) is 0 Å². The zero-order valence-corrected chi connectivity index (χ0v) is 7.74. The van der Waals surface area contributed by atoms with E-state index in [2.05, 4.69) is 0 Å². The molecule has 0 amide bonds. The van der Waals surface area contributed by atoms with Crippen LogP contribution >= 0.6 is 0 Å². The smallest absolute Gasteiger partial charge is 0.317 e. The van der Waals surface area contributed by atoms with Crippen molar-refractivity contribution in [2.75, 3.05) is 26.2 Å². The van der Waals surface area contributed by atoms with Crippen molar-refractivity contribution < 1.29 is 41.4 Å². The molecule has 0 aromatic rings.